The van der Waals surface area contributed by atoms with Crippen LogP contribution in [0.3, 0.4) is 0 Å². The maximum absolute atomic E-state index is 12.5. The van der Waals surface area contributed by atoms with Gasteiger partial charge in [0, 0.05) is 11.8 Å². The summed E-state index contributed by atoms with van der Waals surface area (Å²) in [7, 11) is 0. The number of ether oxygens (including phenoxy) is 4. The molecule has 8 saturated carbocycles. The number of hydrogen-bond acceptors (Lipinski definition) is 7. The fourth-order valence-electron chi connectivity index (χ4n) is 25.5. The van der Waals surface area contributed by atoms with Crippen LogP contribution >= 0.6 is 22.6 Å². The van der Waals surface area contributed by atoms with Gasteiger partial charge in [0.25, 0.3) is 0 Å². The summed E-state index contributed by atoms with van der Waals surface area (Å²) in [5, 5.41) is 21.1. The molecule has 8 aromatic rings. The summed E-state index contributed by atoms with van der Waals surface area (Å²) >= 11 is 2.15. The lowest BCUT2D eigenvalue weighted by atomic mass is 9.54. The molecule has 0 heterocycles. The molecule has 0 bridgehead atoms. The van der Waals surface area contributed by atoms with Gasteiger partial charge in [0.1, 0.15) is 55.2 Å². The quantitative estimate of drug-likeness (QED) is 0.0929. The smallest absolute Gasteiger partial charge is 0.139 e. The van der Waals surface area contributed by atoms with Crippen molar-refractivity contribution in [2.75, 3.05) is 4.93 Å². The Hall–Kier alpha value is -6.72. The summed E-state index contributed by atoms with van der Waals surface area (Å²) in [6.45, 7) is 14.6. The molecule has 0 radical (unpaired) electrons. The van der Waals surface area contributed by atoms with Gasteiger partial charge in [-0.15, -0.1) is 0 Å². The fourth-order valence-corrected chi connectivity index (χ4v) is 25.5. The molecule has 0 aliphatic heterocycles. The average Bonchev–Trinajstić information content (AvgIpc) is 1.49. The third-order valence-corrected chi connectivity index (χ3v) is 31.9. The van der Waals surface area contributed by atoms with E-state index in [9.17, 15) is 15.0 Å². The zero-order valence-corrected chi connectivity index (χ0v) is 68.9. The molecule has 8 fully saturated rings. The van der Waals surface area contributed by atoms with Crippen molar-refractivity contribution in [2.24, 2.45) is 74.9 Å². The normalized spacial score (nSPS) is 33.2. The Bertz CT molecular complexity index is 4100. The summed E-state index contributed by atoms with van der Waals surface area (Å²) in [6, 6.07) is 68.8. The molecule has 18 unspecified atom stereocenters. The Kier molecular flexibility index (Phi) is 23.4. The predicted octanol–water partition coefficient (Wildman–Crippen LogP) is 24.5. The van der Waals surface area contributed by atoms with E-state index in [1.165, 1.54) is 147 Å². The number of hydrogen-bond donors (Lipinski definition) is 2. The summed E-state index contributed by atoms with van der Waals surface area (Å²) < 4.78 is 24.3. The summed E-state index contributed by atoms with van der Waals surface area (Å²) in [4.78, 5) is 14.4. The first kappa shape index (κ1) is 77.2. The first-order valence-electron chi connectivity index (χ1n) is 43.1. The Balaban J connectivity index is 0.000000111. The number of carbonyl (C=O) groups is 1. The van der Waals surface area contributed by atoms with Crippen LogP contribution in [0.15, 0.2) is 194 Å². The van der Waals surface area contributed by atoms with E-state index in [4.69, 9.17) is 18.9 Å². The van der Waals surface area contributed by atoms with E-state index in [-0.39, 0.29) is 28.5 Å². The molecule has 0 saturated heterocycles. The van der Waals surface area contributed by atoms with Crippen LogP contribution in [0.5, 0.6) is 23.0 Å². The summed E-state index contributed by atoms with van der Waals surface area (Å²) in [5.74, 6) is 14.3. The van der Waals surface area contributed by atoms with Gasteiger partial charge in [0.05, 0.1) is 12.2 Å². The maximum atomic E-state index is 12.5. The number of aliphatic hydroxyl groups is 2. The average molecular weight is 1590 g/mol. The Morgan fingerprint density at radius 1 is 0.327 bits per heavy atom. The molecule has 7 nitrogen and oxygen atoms in total. The first-order chi connectivity index (χ1) is 53.6. The molecule has 8 aromatic carbocycles. The van der Waals surface area contributed by atoms with Gasteiger partial charge >= 0.3 is 0 Å². The largest absolute Gasteiger partial charge is 0.489 e. The van der Waals surface area contributed by atoms with Crippen molar-refractivity contribution >= 4 is 28.4 Å². The molecule has 12 aliphatic carbocycles. The van der Waals surface area contributed by atoms with Crippen LogP contribution in [0.1, 0.15) is 253 Å². The third-order valence-electron chi connectivity index (χ3n) is 31.9. The number of benzene rings is 8. The van der Waals surface area contributed by atoms with Gasteiger partial charge in [-0.05, 0) is 361 Å². The highest BCUT2D eigenvalue weighted by atomic mass is 127. The van der Waals surface area contributed by atoms with Gasteiger partial charge in [-0.25, -0.2) is 0 Å². The number of aryl methyl sites for hydroxylation is 4. The van der Waals surface area contributed by atoms with Gasteiger partial charge in [-0.1, -0.05) is 203 Å². The molecular formula is C102H123IO7. The maximum Gasteiger partial charge on any atom is 0.139 e. The highest BCUT2D eigenvalue weighted by Crippen LogP contribution is 2.66. The number of ketones is 1. The van der Waals surface area contributed by atoms with Crippen LogP contribution in [0.4, 0.5) is 0 Å². The minimum Gasteiger partial charge on any atom is -0.489 e. The summed E-state index contributed by atoms with van der Waals surface area (Å²) in [6.07, 6.45) is 28.8. The van der Waals surface area contributed by atoms with Crippen LogP contribution in [0, 0.1) is 74.9 Å². The SMILES string of the molecule is CC12CCC3c4ccc(OCc5ccccc5)cc4CCC3C1CCC2=O.CC12CCC3c4ccc(OCc5ccccc5)cc4CCC3C1CCC2O.CC12CCC3c4ccc(OCc5ccccc5)cc4CCC3C1CCC2O.CI.C[C@H]1CCC2C3CCc4cc(OCc5ccccc5)ccc4C3CCC21C. The highest BCUT2D eigenvalue weighted by Gasteiger charge is 2.58. The van der Waals surface area contributed by atoms with Gasteiger partial charge in [0.15, 0.2) is 0 Å². The number of carbonyl (C=O) groups excluding carboxylic acids is 1. The van der Waals surface area contributed by atoms with Crippen LogP contribution in [0.2, 0.25) is 0 Å². The van der Waals surface area contributed by atoms with E-state index in [0.717, 1.165) is 110 Å². The Morgan fingerprint density at radius 3 is 0.955 bits per heavy atom. The molecule has 20 rings (SSSR count). The molecule has 19 atom stereocenters. The van der Waals surface area contributed by atoms with E-state index in [0.29, 0.717) is 79.1 Å². The monoisotopic (exact) mass is 1590 g/mol. The zero-order valence-electron chi connectivity index (χ0n) is 66.7. The van der Waals surface area contributed by atoms with Crippen LogP contribution < -0.4 is 18.9 Å². The number of alkyl halides is 1. The number of aliphatic hydroxyl groups excluding tert-OH is 2. The number of rotatable bonds is 12. The van der Waals surface area contributed by atoms with E-state index in [2.05, 4.69) is 233 Å². The Morgan fingerprint density at radius 2 is 0.618 bits per heavy atom. The minimum atomic E-state index is -0.0846. The van der Waals surface area contributed by atoms with Crippen molar-refractivity contribution in [3.8, 4) is 23.0 Å². The molecule has 2 N–H and O–H groups in total. The van der Waals surface area contributed by atoms with Crippen LogP contribution in [0.25, 0.3) is 0 Å². The second kappa shape index (κ2) is 33.4. The predicted molar refractivity (Wildman–Crippen MR) is 453 cm³/mol. The van der Waals surface area contributed by atoms with E-state index in [1.807, 2.05) is 23.1 Å². The van der Waals surface area contributed by atoms with E-state index >= 15 is 0 Å². The van der Waals surface area contributed by atoms with Gasteiger partial charge < -0.3 is 29.2 Å². The van der Waals surface area contributed by atoms with Gasteiger partial charge in [-0.3, -0.25) is 4.79 Å². The molecule has 12 aliphatic rings. The topological polar surface area (TPSA) is 94.5 Å². The van der Waals surface area contributed by atoms with Crippen molar-refractivity contribution in [1.29, 1.82) is 0 Å². The highest BCUT2D eigenvalue weighted by molar-refractivity contribution is 14.1. The minimum absolute atomic E-state index is 0.0304. The molecular weight excluding hydrogens is 1460 g/mol. The first-order valence-corrected chi connectivity index (χ1v) is 45.2. The second-order valence-corrected chi connectivity index (χ2v) is 36.9. The standard InChI is InChI=1S/C26H32O.2C25H30O2.C25H28O2.CH3I/c1-18-8-13-25-24-11-9-20-16-21(27-17-19-6-4-3-5-7-19)10-12-22(20)23(24)14-15-26(18,25)2;3*1-25-14-13-21-20-10-8-19(27-16-17-5-3-2-4-6-17)15-18(20)7-9-22(21)23(25)11-12-24(25)26;1-2/h3-7,10,12,16,18,23-25H,8-9,11,13-15,17H2,1-2H3;2*2-6,8,10,15,21-24,26H,7,9,11-14,16H2,1H3;2-6,8,10,15,21-23H,7,9,11-14,16H2,1H3;1H3/t18-,23?,24?,25?,26?;;;;/m0..../s1. The fraction of sp³-hybridized carbons (Fsp3) is 0.520. The lowest BCUT2D eigenvalue weighted by Gasteiger charge is -2.50. The zero-order chi connectivity index (χ0) is 75.7. The van der Waals surface area contributed by atoms with Gasteiger partial charge in [0.2, 0.25) is 0 Å². The van der Waals surface area contributed by atoms with Crippen molar-refractivity contribution in [3.05, 3.63) is 261 Å². The van der Waals surface area contributed by atoms with Crippen LogP contribution in [-0.2, 0) is 56.9 Å². The van der Waals surface area contributed by atoms with Crippen molar-refractivity contribution in [2.45, 2.75) is 251 Å². The molecule has 0 aromatic heterocycles. The lowest BCUT2D eigenvalue weighted by molar-refractivity contribution is -0.129. The third kappa shape index (κ3) is 15.4. The number of halogens is 1. The van der Waals surface area contributed by atoms with Crippen molar-refractivity contribution in [1.82, 2.24) is 0 Å². The van der Waals surface area contributed by atoms with Crippen molar-refractivity contribution in [3.63, 3.8) is 0 Å². The Labute approximate surface area is 672 Å². The van der Waals surface area contributed by atoms with E-state index < -0.39 is 0 Å². The lowest BCUT2D eigenvalue weighted by Crippen LogP contribution is -2.43. The molecule has 8 heteroatoms. The van der Waals surface area contributed by atoms with Crippen LogP contribution in [-0.4, -0.2) is 33.1 Å². The number of fused-ring (bicyclic) bond motifs is 20. The molecule has 580 valence electrons. The molecule has 110 heavy (non-hydrogen) atoms. The summed E-state index contributed by atoms with van der Waals surface area (Å²) in [5.41, 5.74) is 18.0. The number of Topliss-reactive ketones (excluding diaryl/α,β-unsaturated/α-hetero) is 1. The van der Waals surface area contributed by atoms with Gasteiger partial charge in [-0.2, -0.15) is 0 Å². The molecule has 0 amide bonds. The van der Waals surface area contributed by atoms with Crippen molar-refractivity contribution < 1.29 is 34.0 Å². The second-order valence-electron chi connectivity index (χ2n) is 36.9. The van der Waals surface area contributed by atoms with E-state index in [1.54, 1.807) is 22.3 Å². The molecule has 0 spiro atoms.